The van der Waals surface area contributed by atoms with Gasteiger partial charge in [0.25, 0.3) is 0 Å². The summed E-state index contributed by atoms with van der Waals surface area (Å²) in [5, 5.41) is 7.59. The van der Waals surface area contributed by atoms with E-state index in [-0.39, 0.29) is 48.0 Å². The zero-order chi connectivity index (χ0) is 26.2. The number of rotatable bonds is 9. The lowest BCUT2D eigenvalue weighted by Crippen LogP contribution is -2.48. The van der Waals surface area contributed by atoms with Crippen LogP contribution in [-0.4, -0.2) is 55.4 Å². The maximum absolute atomic E-state index is 13.9. The van der Waals surface area contributed by atoms with Gasteiger partial charge < -0.3 is 20.3 Å². The van der Waals surface area contributed by atoms with E-state index in [4.69, 9.17) is 15.9 Å². The monoisotopic (exact) mass is 540 g/mol. The molecule has 2 fully saturated rings. The van der Waals surface area contributed by atoms with Crippen molar-refractivity contribution in [1.29, 1.82) is 5.41 Å². The number of hydrogen-bond donors (Lipinski definition) is 2. The van der Waals surface area contributed by atoms with Crippen molar-refractivity contribution in [2.45, 2.75) is 57.4 Å². The minimum Gasteiger partial charge on any atom is -0.469 e. The number of amidine groups is 1. The normalized spacial score (nSPS) is 19.8. The molecule has 7 nitrogen and oxygen atoms in total. The molecule has 1 aliphatic heterocycles. The number of nitrogen functional groups attached to an aromatic ring is 1. The summed E-state index contributed by atoms with van der Waals surface area (Å²) in [6, 6.07) is 18.4. The molecular formula is C30H41ClN4O3. The quantitative estimate of drug-likeness (QED) is 0.270. The number of nitrogens with one attached hydrogen (secondary N) is 1. The predicted molar refractivity (Wildman–Crippen MR) is 154 cm³/mol. The van der Waals surface area contributed by atoms with Gasteiger partial charge in [-0.05, 0) is 81.2 Å². The average Bonchev–Trinajstić information content (AvgIpc) is 2.95. The second kappa shape index (κ2) is 14.2. The third kappa shape index (κ3) is 7.50. The number of methoxy groups -OCH3 is 1. The third-order valence-electron chi connectivity index (χ3n) is 8.05. The van der Waals surface area contributed by atoms with Crippen LogP contribution in [0.1, 0.15) is 56.1 Å². The predicted octanol–water partition coefficient (Wildman–Crippen LogP) is 4.80. The number of amides is 1. The van der Waals surface area contributed by atoms with E-state index < -0.39 is 0 Å². The summed E-state index contributed by atoms with van der Waals surface area (Å²) >= 11 is 0. The Bertz CT molecular complexity index is 1050. The Morgan fingerprint density at radius 3 is 2.16 bits per heavy atom. The van der Waals surface area contributed by atoms with E-state index in [0.717, 1.165) is 82.3 Å². The minimum atomic E-state index is -0.121. The fourth-order valence-electron chi connectivity index (χ4n) is 5.83. The lowest BCUT2D eigenvalue weighted by molar-refractivity contribution is -0.147. The number of nitrogens with two attached hydrogens (primary N) is 1. The van der Waals surface area contributed by atoms with E-state index in [9.17, 15) is 9.59 Å². The molecule has 1 saturated carbocycles. The first kappa shape index (κ1) is 29.5. The second-order valence-corrected chi connectivity index (χ2v) is 10.4. The molecule has 206 valence electrons. The first-order valence-corrected chi connectivity index (χ1v) is 13.6. The van der Waals surface area contributed by atoms with Crippen molar-refractivity contribution < 1.29 is 14.3 Å². The molecule has 0 atom stereocenters. The molecule has 2 aliphatic rings. The number of esters is 1. The molecule has 0 spiro atoms. The number of piperidine rings is 1. The summed E-state index contributed by atoms with van der Waals surface area (Å²) < 4.78 is 4.97. The van der Waals surface area contributed by atoms with Crippen molar-refractivity contribution in [2.24, 2.45) is 17.6 Å². The lowest BCUT2D eigenvalue weighted by Gasteiger charge is -2.40. The SMILES string of the molecule is COC(=O)C1CCC(N(CCCc2ccccc2)C(=O)C2CCN(c3ccc(C(=N)N)cc3)CC2)CC1.Cl. The van der Waals surface area contributed by atoms with Gasteiger partial charge >= 0.3 is 5.97 Å². The van der Waals surface area contributed by atoms with E-state index in [1.165, 1.54) is 12.7 Å². The molecule has 0 unspecified atom stereocenters. The molecule has 1 aliphatic carbocycles. The van der Waals surface area contributed by atoms with Gasteiger partial charge in [-0.1, -0.05) is 30.3 Å². The van der Waals surface area contributed by atoms with Gasteiger partial charge in [-0.2, -0.15) is 0 Å². The van der Waals surface area contributed by atoms with Crippen molar-refractivity contribution in [1.82, 2.24) is 4.90 Å². The standard InChI is InChI=1S/C30H40N4O3.ClH/c1-37-30(36)25-11-15-27(16-12-25)34(19-5-8-22-6-3-2-4-7-22)29(35)24-17-20-33(21-18-24)26-13-9-23(10-14-26)28(31)32;/h2-4,6-7,9-10,13-14,24-25,27H,5,8,11-12,15-21H2,1H3,(H3,31,32);1H. The number of nitrogens with zero attached hydrogens (tertiary/aromatic N) is 2. The summed E-state index contributed by atoms with van der Waals surface area (Å²) in [5.41, 5.74) is 8.72. The molecule has 3 N–H and O–H groups in total. The van der Waals surface area contributed by atoms with E-state index >= 15 is 0 Å². The van der Waals surface area contributed by atoms with Gasteiger partial charge in [0, 0.05) is 42.8 Å². The first-order chi connectivity index (χ1) is 18.0. The largest absolute Gasteiger partial charge is 0.469 e. The maximum Gasteiger partial charge on any atom is 0.308 e. The van der Waals surface area contributed by atoms with Crippen LogP contribution in [-0.2, 0) is 20.7 Å². The number of anilines is 1. The summed E-state index contributed by atoms with van der Waals surface area (Å²) in [5.74, 6) is 0.219. The number of aryl methyl sites for hydroxylation is 1. The van der Waals surface area contributed by atoms with Crippen LogP contribution in [0.5, 0.6) is 0 Å². The van der Waals surface area contributed by atoms with Crippen LogP contribution >= 0.6 is 12.4 Å². The Balaban J connectivity index is 0.00000400. The molecule has 38 heavy (non-hydrogen) atoms. The van der Waals surface area contributed by atoms with Crippen LogP contribution in [0.2, 0.25) is 0 Å². The smallest absolute Gasteiger partial charge is 0.308 e. The van der Waals surface area contributed by atoms with E-state index in [1.54, 1.807) is 0 Å². The zero-order valence-corrected chi connectivity index (χ0v) is 23.1. The highest BCUT2D eigenvalue weighted by Crippen LogP contribution is 2.32. The van der Waals surface area contributed by atoms with E-state index in [2.05, 4.69) is 34.1 Å². The Hall–Kier alpha value is -3.06. The molecule has 1 saturated heterocycles. The fourth-order valence-corrected chi connectivity index (χ4v) is 5.83. The van der Waals surface area contributed by atoms with E-state index in [0.29, 0.717) is 0 Å². The Kier molecular flexibility index (Phi) is 11.0. The molecule has 1 amide bonds. The van der Waals surface area contributed by atoms with Gasteiger partial charge in [0.2, 0.25) is 5.91 Å². The highest BCUT2D eigenvalue weighted by molar-refractivity contribution is 5.95. The number of ether oxygens (including phenoxy) is 1. The van der Waals surface area contributed by atoms with Gasteiger partial charge in [-0.3, -0.25) is 15.0 Å². The van der Waals surface area contributed by atoms with Crippen LogP contribution < -0.4 is 10.6 Å². The number of benzene rings is 2. The van der Waals surface area contributed by atoms with Crippen LogP contribution in [0, 0.1) is 17.2 Å². The number of carbonyl (C=O) groups excluding carboxylic acids is 2. The van der Waals surface area contributed by atoms with E-state index in [1.807, 2.05) is 30.3 Å². The highest BCUT2D eigenvalue weighted by atomic mass is 35.5. The molecular weight excluding hydrogens is 500 g/mol. The topological polar surface area (TPSA) is 99.7 Å². The van der Waals surface area contributed by atoms with Gasteiger partial charge in [0.15, 0.2) is 0 Å². The molecule has 8 heteroatoms. The summed E-state index contributed by atoms with van der Waals surface area (Å²) in [7, 11) is 1.46. The second-order valence-electron chi connectivity index (χ2n) is 10.4. The molecule has 2 aromatic rings. The fraction of sp³-hybridized carbons (Fsp3) is 0.500. The third-order valence-corrected chi connectivity index (χ3v) is 8.05. The highest BCUT2D eigenvalue weighted by Gasteiger charge is 2.35. The van der Waals surface area contributed by atoms with Crippen molar-refractivity contribution >= 4 is 35.8 Å². The molecule has 0 aromatic heterocycles. The number of hydrogen-bond acceptors (Lipinski definition) is 5. The Morgan fingerprint density at radius 2 is 1.58 bits per heavy atom. The summed E-state index contributed by atoms with van der Waals surface area (Å²) in [6.07, 6.45) is 6.85. The average molecular weight is 541 g/mol. The van der Waals surface area contributed by atoms with Crippen molar-refractivity contribution in [3.8, 4) is 0 Å². The molecule has 1 heterocycles. The van der Waals surface area contributed by atoms with Gasteiger partial charge in [-0.25, -0.2) is 0 Å². The molecule has 0 bridgehead atoms. The van der Waals surface area contributed by atoms with Crippen molar-refractivity contribution in [3.63, 3.8) is 0 Å². The maximum atomic E-state index is 13.9. The van der Waals surface area contributed by atoms with Gasteiger partial charge in [0.05, 0.1) is 13.0 Å². The van der Waals surface area contributed by atoms with Gasteiger partial charge in [0.1, 0.15) is 5.84 Å². The summed E-state index contributed by atoms with van der Waals surface area (Å²) in [6.45, 7) is 2.43. The van der Waals surface area contributed by atoms with Crippen LogP contribution in [0.15, 0.2) is 54.6 Å². The van der Waals surface area contributed by atoms with Crippen LogP contribution in [0.4, 0.5) is 5.69 Å². The number of halogens is 1. The van der Waals surface area contributed by atoms with Crippen LogP contribution in [0.3, 0.4) is 0 Å². The summed E-state index contributed by atoms with van der Waals surface area (Å²) in [4.78, 5) is 30.3. The molecule has 2 aromatic carbocycles. The Labute approximate surface area is 232 Å². The number of carbonyl (C=O) groups is 2. The van der Waals surface area contributed by atoms with Crippen molar-refractivity contribution in [3.05, 3.63) is 65.7 Å². The molecule has 4 rings (SSSR count). The first-order valence-electron chi connectivity index (χ1n) is 13.6. The molecule has 0 radical (unpaired) electrons. The van der Waals surface area contributed by atoms with Crippen molar-refractivity contribution in [2.75, 3.05) is 31.6 Å². The minimum absolute atomic E-state index is 0. The zero-order valence-electron chi connectivity index (χ0n) is 22.3. The van der Waals surface area contributed by atoms with Gasteiger partial charge in [-0.15, -0.1) is 12.4 Å². The Morgan fingerprint density at radius 1 is 0.947 bits per heavy atom. The lowest BCUT2D eigenvalue weighted by atomic mass is 9.84. The van der Waals surface area contributed by atoms with Crippen LogP contribution in [0.25, 0.3) is 0 Å².